The zero-order chi connectivity index (χ0) is 13.0. The van der Waals surface area contributed by atoms with E-state index < -0.39 is 4.90 Å². The summed E-state index contributed by atoms with van der Waals surface area (Å²) in [4.78, 5) is 2.59. The Kier molecular flexibility index (Phi) is 3.69. The van der Waals surface area contributed by atoms with Gasteiger partial charge in [-0.25, -0.2) is 0 Å². The summed E-state index contributed by atoms with van der Waals surface area (Å²) in [7, 11) is 0. The van der Waals surface area contributed by atoms with Crippen LogP contribution in [0.5, 0.6) is 0 Å². The number of aromatic amines is 1. The van der Waals surface area contributed by atoms with Crippen molar-refractivity contribution < 1.29 is 5.11 Å². The molecule has 18 heavy (non-hydrogen) atoms. The van der Waals surface area contributed by atoms with E-state index >= 15 is 0 Å². The molecule has 1 aliphatic heterocycles. The fourth-order valence-corrected chi connectivity index (χ4v) is 1.84. The first kappa shape index (κ1) is 12.3. The molecule has 0 atom stereocenters. The number of nitrogens with zero attached hydrogens (tertiary/aromatic N) is 1. The summed E-state index contributed by atoms with van der Waals surface area (Å²) in [6.07, 6.45) is 2.33. The van der Waals surface area contributed by atoms with Gasteiger partial charge in [-0.05, 0) is 18.6 Å². The van der Waals surface area contributed by atoms with E-state index in [0.717, 1.165) is 0 Å². The first-order chi connectivity index (χ1) is 8.74. The molecule has 1 heterocycles. The Hall–Kier alpha value is -2.21. The topological polar surface area (TPSA) is 97.2 Å². The van der Waals surface area contributed by atoms with Gasteiger partial charge in [0.05, 0.1) is 16.9 Å². The van der Waals surface area contributed by atoms with Crippen molar-refractivity contribution in [2.45, 2.75) is 6.42 Å². The molecular formula is C12H14N3O3-. The Morgan fingerprint density at radius 3 is 2.83 bits per heavy atom. The van der Waals surface area contributed by atoms with Gasteiger partial charge in [0.2, 0.25) is 5.36 Å². The quantitative estimate of drug-likeness (QED) is 0.547. The van der Waals surface area contributed by atoms with Crippen molar-refractivity contribution in [2.24, 2.45) is 0 Å². The van der Waals surface area contributed by atoms with Crippen molar-refractivity contribution >= 4 is 5.69 Å². The molecule has 0 fully saturated rings. The van der Waals surface area contributed by atoms with Crippen molar-refractivity contribution in [2.75, 3.05) is 18.5 Å². The van der Waals surface area contributed by atoms with Crippen molar-refractivity contribution in [1.29, 1.82) is 0 Å². The van der Waals surface area contributed by atoms with E-state index in [9.17, 15) is 10.4 Å². The number of anilines is 1. The number of aromatic nitrogens is 1. The highest BCUT2D eigenvalue weighted by atomic mass is 16.8. The zero-order valence-corrected chi connectivity index (χ0v) is 9.72. The van der Waals surface area contributed by atoms with Crippen LogP contribution in [-0.4, -0.2) is 23.2 Å². The van der Waals surface area contributed by atoms with Gasteiger partial charge in [-0.1, -0.05) is 6.07 Å². The number of fused-ring (bicyclic) bond motifs is 1. The molecule has 1 aliphatic carbocycles. The number of H-pyrrole nitrogens is 1. The maximum Gasteiger partial charge on any atom is 0.234 e. The molecule has 0 saturated heterocycles. The van der Waals surface area contributed by atoms with Crippen LogP contribution in [0.3, 0.4) is 0 Å². The second-order valence-electron chi connectivity index (χ2n) is 3.85. The fourth-order valence-electron chi connectivity index (χ4n) is 1.84. The molecule has 0 aromatic carbocycles. The van der Waals surface area contributed by atoms with E-state index in [1.807, 2.05) is 0 Å². The molecule has 0 bridgehead atoms. The summed E-state index contributed by atoms with van der Waals surface area (Å²) in [6.45, 7) is 0.660. The van der Waals surface area contributed by atoms with Gasteiger partial charge in [0.1, 0.15) is 0 Å². The molecule has 0 aromatic heterocycles. The van der Waals surface area contributed by atoms with Gasteiger partial charge in [-0.3, -0.25) is 0 Å². The van der Waals surface area contributed by atoms with Gasteiger partial charge in [0.15, 0.2) is 0 Å². The summed E-state index contributed by atoms with van der Waals surface area (Å²) in [5.74, 6) is 0. The highest BCUT2D eigenvalue weighted by molar-refractivity contribution is 5.75. The first-order valence-electron chi connectivity index (χ1n) is 5.66. The lowest BCUT2D eigenvalue weighted by molar-refractivity contribution is 0.292. The molecule has 0 spiro atoms. The lowest BCUT2D eigenvalue weighted by atomic mass is 10.1. The molecule has 6 heteroatoms. The molecule has 2 aliphatic rings. The third-order valence-corrected chi connectivity index (χ3v) is 2.65. The van der Waals surface area contributed by atoms with Crippen LogP contribution >= 0.6 is 0 Å². The maximum atomic E-state index is 11.0. The molecule has 0 radical (unpaired) electrons. The standard InChI is InChI=1S/C12H14N3O3/c16-8-2-6-13-10-5-7-14-9-3-1-4-11(12(9)10)15(17)18/h1,3-5,7,13-14,16H,2,6,8H2/q-1. The van der Waals surface area contributed by atoms with Crippen LogP contribution in [0.1, 0.15) is 6.42 Å². The van der Waals surface area contributed by atoms with E-state index in [4.69, 9.17) is 5.11 Å². The summed E-state index contributed by atoms with van der Waals surface area (Å²) in [5, 5.41) is 34.0. The minimum atomic E-state index is -0.395. The molecule has 96 valence electrons. The van der Waals surface area contributed by atoms with Crippen LogP contribution in [0.15, 0.2) is 30.5 Å². The first-order valence-corrected chi connectivity index (χ1v) is 5.66. The molecular weight excluding hydrogens is 234 g/mol. The predicted octanol–water partition coefficient (Wildman–Crippen LogP) is 0.682. The van der Waals surface area contributed by atoms with E-state index in [-0.39, 0.29) is 12.0 Å². The zero-order valence-electron chi connectivity index (χ0n) is 9.72. The highest BCUT2D eigenvalue weighted by Gasteiger charge is 2.12. The Bertz CT molecular complexity index is 561. The van der Waals surface area contributed by atoms with Crippen LogP contribution in [0, 0.1) is 10.4 Å². The average Bonchev–Trinajstić information content (AvgIpc) is 2.38. The SMILES string of the molecule is [O-][N+]([O-])=c1cccc2[nH]ccc(NCCCO)c1-2. The molecule has 6 nitrogen and oxygen atoms in total. The van der Waals surface area contributed by atoms with Gasteiger partial charge >= 0.3 is 0 Å². The van der Waals surface area contributed by atoms with E-state index in [1.54, 1.807) is 24.4 Å². The van der Waals surface area contributed by atoms with Gasteiger partial charge in [0, 0.05) is 25.4 Å². The number of aliphatic hydroxyl groups excluding tert-OH is 1. The Morgan fingerprint density at radius 1 is 1.28 bits per heavy atom. The number of benzene rings is 1. The molecule has 0 unspecified atom stereocenters. The monoisotopic (exact) mass is 248 g/mol. The van der Waals surface area contributed by atoms with Gasteiger partial charge < -0.3 is 25.8 Å². The summed E-state index contributed by atoms with van der Waals surface area (Å²) in [6, 6.07) is 6.67. The van der Waals surface area contributed by atoms with Crippen LogP contribution in [0.25, 0.3) is 11.3 Å². The second kappa shape index (κ2) is 5.42. The van der Waals surface area contributed by atoms with Crippen LogP contribution in [0.4, 0.5) is 5.69 Å². The third-order valence-electron chi connectivity index (χ3n) is 2.65. The normalized spacial score (nSPS) is 10.5. The minimum Gasteiger partial charge on any atom is -0.612 e. The third kappa shape index (κ3) is 2.38. The lowest BCUT2D eigenvalue weighted by Gasteiger charge is -2.14. The van der Waals surface area contributed by atoms with Gasteiger partial charge in [-0.15, -0.1) is 0 Å². The Morgan fingerprint density at radius 2 is 2.11 bits per heavy atom. The van der Waals surface area contributed by atoms with E-state index in [0.29, 0.717) is 29.9 Å². The lowest BCUT2D eigenvalue weighted by Crippen LogP contribution is -2.23. The second-order valence-corrected chi connectivity index (χ2v) is 3.85. The number of hydrogen-bond donors (Lipinski definition) is 3. The molecule has 0 saturated carbocycles. The van der Waals surface area contributed by atoms with Crippen LogP contribution in [0.2, 0.25) is 0 Å². The van der Waals surface area contributed by atoms with Gasteiger partial charge in [-0.2, -0.15) is 4.90 Å². The largest absolute Gasteiger partial charge is 0.612 e. The molecule has 3 N–H and O–H groups in total. The number of aliphatic hydroxyl groups is 1. The van der Waals surface area contributed by atoms with Crippen molar-refractivity contribution in [3.05, 3.63) is 46.2 Å². The fraction of sp³-hybridized carbons (Fsp3) is 0.250. The van der Waals surface area contributed by atoms with Gasteiger partial charge in [0.25, 0.3) is 0 Å². The smallest absolute Gasteiger partial charge is 0.234 e. The maximum absolute atomic E-state index is 11.0. The molecule has 2 rings (SSSR count). The minimum absolute atomic E-state index is 0.0656. The van der Waals surface area contributed by atoms with E-state index in [1.165, 1.54) is 6.07 Å². The van der Waals surface area contributed by atoms with Crippen LogP contribution in [-0.2, 0) is 0 Å². The van der Waals surface area contributed by atoms with Crippen molar-refractivity contribution in [3.63, 3.8) is 0 Å². The number of rotatable bonds is 4. The van der Waals surface area contributed by atoms with Crippen molar-refractivity contribution in [3.8, 4) is 11.3 Å². The number of hydrogen-bond acceptors (Lipinski definition) is 4. The highest BCUT2D eigenvalue weighted by Crippen LogP contribution is 2.23. The van der Waals surface area contributed by atoms with Crippen molar-refractivity contribution in [1.82, 2.24) is 9.89 Å². The summed E-state index contributed by atoms with van der Waals surface area (Å²) >= 11 is 0. The molecule has 0 aromatic rings. The number of nitrogens with one attached hydrogen (secondary N) is 2. The van der Waals surface area contributed by atoms with Crippen LogP contribution < -0.4 is 15.6 Å². The number of pyridine rings is 1. The Balaban J connectivity index is 2.51. The van der Waals surface area contributed by atoms with E-state index in [2.05, 4.69) is 10.3 Å². The summed E-state index contributed by atoms with van der Waals surface area (Å²) in [5.41, 5.74) is 1.96. The molecule has 0 amide bonds. The average molecular weight is 248 g/mol. The summed E-state index contributed by atoms with van der Waals surface area (Å²) < 4.78 is 0. The Labute approximate surface area is 104 Å². The predicted molar refractivity (Wildman–Crippen MR) is 69.6 cm³/mol.